The van der Waals surface area contributed by atoms with Crippen molar-refractivity contribution in [3.05, 3.63) is 108 Å². The first kappa shape index (κ1) is 45.7. The Balaban J connectivity index is 0.697. The molecule has 358 valence electrons. The summed E-state index contributed by atoms with van der Waals surface area (Å²) in [4.78, 5) is 78.3. The van der Waals surface area contributed by atoms with Crippen molar-refractivity contribution in [2.45, 2.75) is 57.2 Å². The van der Waals surface area contributed by atoms with Crippen LogP contribution in [0.3, 0.4) is 0 Å². The average Bonchev–Trinajstić information content (AvgIpc) is 4.15. The Kier molecular flexibility index (Phi) is 12.4. The number of nitrogens with zero attached hydrogens (tertiary/aromatic N) is 5. The fourth-order valence-corrected chi connectivity index (χ4v) is 10.5. The number of pyridine rings is 1. The van der Waals surface area contributed by atoms with Crippen molar-refractivity contribution in [3.8, 4) is 17.2 Å². The van der Waals surface area contributed by atoms with Gasteiger partial charge >= 0.3 is 0 Å². The van der Waals surface area contributed by atoms with Gasteiger partial charge in [0.1, 0.15) is 34.5 Å². The van der Waals surface area contributed by atoms with E-state index in [-0.39, 0.29) is 0 Å². The zero-order valence-corrected chi connectivity index (χ0v) is 38.9. The number of hydrogen-bond donors (Lipinski definition) is 4. The Morgan fingerprint density at radius 1 is 0.870 bits per heavy atom. The summed E-state index contributed by atoms with van der Waals surface area (Å²) in [5.74, 6) is 0.00729. The molecule has 3 unspecified atom stereocenters. The first-order chi connectivity index (χ1) is 33.4. The number of hydrogen-bond acceptors (Lipinski definition) is 12. The van der Waals surface area contributed by atoms with Gasteiger partial charge in [-0.15, -0.1) is 0 Å². The number of aromatic nitrogens is 1. The number of halogens is 1. The number of rotatable bonds is 16. The molecule has 69 heavy (non-hydrogen) atoms. The highest BCUT2D eigenvalue weighted by Crippen LogP contribution is 2.48. The Hall–Kier alpha value is -7.11. The molecule has 2 bridgehead atoms. The number of nitrogens with one attached hydrogen (secondary N) is 4. The Morgan fingerprint density at radius 2 is 1.55 bits per heavy atom. The molecule has 6 heterocycles. The van der Waals surface area contributed by atoms with Crippen molar-refractivity contribution >= 4 is 63.2 Å². The number of piperidine rings is 2. The topological polar surface area (TPSA) is 178 Å². The fraction of sp³-hybridized carbons (Fsp3) is 0.385. The maximum absolute atomic E-state index is 13.4. The molecule has 0 spiro atoms. The molecule has 4 aromatic carbocycles. The molecular weight excluding hydrogens is 882 g/mol. The lowest BCUT2D eigenvalue weighted by molar-refractivity contribution is -0.131. The van der Waals surface area contributed by atoms with E-state index in [0.29, 0.717) is 77.1 Å². The van der Waals surface area contributed by atoms with Crippen molar-refractivity contribution in [1.82, 2.24) is 25.0 Å². The van der Waals surface area contributed by atoms with Gasteiger partial charge < -0.3 is 35.6 Å². The van der Waals surface area contributed by atoms with Crippen LogP contribution in [0.4, 0.5) is 27.1 Å². The van der Waals surface area contributed by atoms with Crippen LogP contribution in [-0.4, -0.2) is 127 Å². The van der Waals surface area contributed by atoms with Gasteiger partial charge in [0.2, 0.25) is 17.7 Å². The van der Waals surface area contributed by atoms with Crippen LogP contribution in [0.1, 0.15) is 59.7 Å². The number of amides is 5. The smallest absolute Gasteiger partial charge is 0.264 e. The van der Waals surface area contributed by atoms with Crippen molar-refractivity contribution in [2.24, 2.45) is 11.3 Å². The van der Waals surface area contributed by atoms with Crippen LogP contribution in [0.15, 0.2) is 91.1 Å². The molecule has 4 saturated heterocycles. The molecule has 6 aliphatic rings. The number of methoxy groups -OCH3 is 1. The van der Waals surface area contributed by atoms with Gasteiger partial charge in [-0.3, -0.25) is 43.7 Å². The first-order valence-electron chi connectivity index (χ1n) is 23.8. The van der Waals surface area contributed by atoms with Gasteiger partial charge in [0, 0.05) is 93.6 Å². The third-order valence-electron chi connectivity index (χ3n) is 14.6. The lowest BCUT2D eigenvalue weighted by atomic mass is 9.84. The number of benzene rings is 4. The van der Waals surface area contributed by atoms with E-state index >= 15 is 0 Å². The largest absolute Gasteiger partial charge is 0.495 e. The maximum Gasteiger partial charge on any atom is 0.264 e. The number of likely N-dealkylation sites (N-methyl/N-ethyl adjacent to an activating group) is 1. The molecule has 16 nitrogen and oxygen atoms in total. The minimum atomic E-state index is -1.17. The second-order valence-corrected chi connectivity index (χ2v) is 18.8. The summed E-state index contributed by atoms with van der Waals surface area (Å²) in [5, 5.41) is 12.3. The van der Waals surface area contributed by atoms with Crippen LogP contribution in [-0.2, 0) is 14.4 Å². The van der Waals surface area contributed by atoms with E-state index in [1.54, 1.807) is 56.6 Å². The van der Waals surface area contributed by atoms with E-state index in [1.807, 2.05) is 18.2 Å². The molecule has 1 aromatic heterocycles. The Labute approximate surface area is 399 Å². The van der Waals surface area contributed by atoms with Crippen LogP contribution in [0.2, 0.25) is 0 Å². The molecule has 3 atom stereocenters. The molecule has 4 N–H and O–H groups in total. The molecule has 5 aliphatic heterocycles. The molecule has 0 radical (unpaired) electrons. The zero-order valence-electron chi connectivity index (χ0n) is 38.9. The third kappa shape index (κ3) is 8.92. The molecule has 5 fully saturated rings. The Bertz CT molecular complexity index is 2800. The molecule has 5 amide bonds. The monoisotopic (exact) mass is 937 g/mol. The van der Waals surface area contributed by atoms with Crippen molar-refractivity contribution in [3.63, 3.8) is 0 Å². The number of carbonyl (C=O) groups excluding carboxylic acids is 5. The highest BCUT2D eigenvalue weighted by atomic mass is 19.1. The standard InChI is InChI=1S/C52H56FN9O7/c1-31(47(63)54-2)62-48(64)39-5-4-6-41(46(39)49(62)65)56-21-24-59-29-36-25-37(30-59)61(36)28-32-16-22-60(23-17-32)43-27-42-40(26-45(43)68-3)44(15-20-55-42)69-38-13-11-35(12-14-38)58-51(67)52(18-19-52)50(66)57-34-9-7-33(53)8-10-34/h4-15,20,26-27,31-32,36-37,56H,16-19,21-25,28-30H2,1-3H3,(H,54,63)(H,57,66)(H,58,67). The molecule has 1 aliphatic carbocycles. The van der Waals surface area contributed by atoms with Crippen LogP contribution in [0, 0.1) is 17.2 Å². The SMILES string of the molecule is CNC(=O)C(C)N1C(=O)c2cccc(NCCN3CC4CC(C3)N4CC3CCN(c4cc5nccc(Oc6ccc(NC(=O)C7(C(=O)Nc8ccc(F)cc8)CC7)cc6)c5cc4OC)CC3)c2C1=O. The highest BCUT2D eigenvalue weighted by Gasteiger charge is 2.56. The van der Waals surface area contributed by atoms with E-state index in [2.05, 4.69) is 42.0 Å². The molecule has 17 heteroatoms. The highest BCUT2D eigenvalue weighted by molar-refractivity contribution is 6.25. The summed E-state index contributed by atoms with van der Waals surface area (Å²) in [6.07, 6.45) is 5.94. The van der Waals surface area contributed by atoms with Crippen LogP contribution >= 0.6 is 0 Å². The van der Waals surface area contributed by atoms with Crippen LogP contribution in [0.25, 0.3) is 10.9 Å². The van der Waals surface area contributed by atoms with Gasteiger partial charge in [0.15, 0.2) is 0 Å². The van der Waals surface area contributed by atoms with E-state index in [0.717, 1.165) is 79.3 Å². The van der Waals surface area contributed by atoms with Crippen molar-refractivity contribution < 1.29 is 37.8 Å². The lowest BCUT2D eigenvalue weighted by Gasteiger charge is -2.57. The number of carbonyl (C=O) groups is 5. The normalized spacial score (nSPS) is 20.2. The first-order valence-corrected chi connectivity index (χ1v) is 23.8. The lowest BCUT2D eigenvalue weighted by Crippen LogP contribution is -2.69. The summed E-state index contributed by atoms with van der Waals surface area (Å²) in [6.45, 7) is 7.92. The second kappa shape index (κ2) is 18.8. The van der Waals surface area contributed by atoms with Gasteiger partial charge in [0.05, 0.1) is 29.4 Å². The summed E-state index contributed by atoms with van der Waals surface area (Å²) < 4.78 is 25.7. The number of imide groups is 1. The summed E-state index contributed by atoms with van der Waals surface area (Å²) in [7, 11) is 3.17. The summed E-state index contributed by atoms with van der Waals surface area (Å²) in [5.41, 5.74) is 2.85. The van der Waals surface area contributed by atoms with E-state index < -0.39 is 46.8 Å². The fourth-order valence-electron chi connectivity index (χ4n) is 10.5. The minimum Gasteiger partial charge on any atom is -0.495 e. The second-order valence-electron chi connectivity index (χ2n) is 18.8. The molecule has 1 saturated carbocycles. The van der Waals surface area contributed by atoms with Gasteiger partial charge in [-0.25, -0.2) is 4.39 Å². The van der Waals surface area contributed by atoms with Crippen LogP contribution in [0.5, 0.6) is 17.2 Å². The number of piperazine rings is 1. The predicted molar refractivity (Wildman–Crippen MR) is 259 cm³/mol. The zero-order chi connectivity index (χ0) is 48.0. The third-order valence-corrected chi connectivity index (χ3v) is 14.6. The van der Waals surface area contributed by atoms with Crippen molar-refractivity contribution in [1.29, 1.82) is 0 Å². The van der Waals surface area contributed by atoms with Gasteiger partial charge in [0.25, 0.3) is 11.8 Å². The van der Waals surface area contributed by atoms with Crippen LogP contribution < -0.4 is 35.6 Å². The summed E-state index contributed by atoms with van der Waals surface area (Å²) in [6, 6.07) is 23.7. The summed E-state index contributed by atoms with van der Waals surface area (Å²) >= 11 is 0. The number of anilines is 4. The quantitative estimate of drug-likeness (QED) is 0.0638. The minimum absolute atomic E-state index is 0.321. The number of fused-ring (bicyclic) bond motifs is 4. The van der Waals surface area contributed by atoms with Gasteiger partial charge in [-0.05, 0) is 124 Å². The van der Waals surface area contributed by atoms with E-state index in [9.17, 15) is 28.4 Å². The van der Waals surface area contributed by atoms with Crippen molar-refractivity contribution in [2.75, 3.05) is 80.8 Å². The van der Waals surface area contributed by atoms with Gasteiger partial charge in [-0.2, -0.15) is 0 Å². The molecular formula is C52H56FN9O7. The van der Waals surface area contributed by atoms with E-state index in [1.165, 1.54) is 37.7 Å². The number of ether oxygens (including phenoxy) is 2. The average molecular weight is 938 g/mol. The van der Waals surface area contributed by atoms with E-state index in [4.69, 9.17) is 14.5 Å². The predicted octanol–water partition coefficient (Wildman–Crippen LogP) is 6.35. The Morgan fingerprint density at radius 3 is 2.20 bits per heavy atom. The molecule has 11 rings (SSSR count). The van der Waals surface area contributed by atoms with Gasteiger partial charge in [-0.1, -0.05) is 6.07 Å². The molecule has 5 aromatic rings. The maximum atomic E-state index is 13.4.